The van der Waals surface area contributed by atoms with Gasteiger partial charge in [-0.1, -0.05) is 0 Å². The van der Waals surface area contributed by atoms with Crippen LogP contribution in [0.5, 0.6) is 0 Å². The van der Waals surface area contributed by atoms with E-state index in [1.54, 1.807) is 11.8 Å². The average molecular weight is 254 g/mol. The molecule has 18 heavy (non-hydrogen) atoms. The lowest BCUT2D eigenvalue weighted by Gasteiger charge is -2.44. The van der Waals surface area contributed by atoms with Crippen LogP contribution in [0.1, 0.15) is 40.0 Å². The van der Waals surface area contributed by atoms with Crippen molar-refractivity contribution in [2.45, 2.75) is 51.2 Å². The van der Waals surface area contributed by atoms with E-state index in [0.717, 1.165) is 19.3 Å². The Hall–Kier alpha value is -1.10. The predicted octanol–water partition coefficient (Wildman–Crippen LogP) is 0.683. The van der Waals surface area contributed by atoms with Gasteiger partial charge in [0.05, 0.1) is 13.2 Å². The summed E-state index contributed by atoms with van der Waals surface area (Å²) in [5.41, 5.74) is -0.996. The van der Waals surface area contributed by atoms with E-state index in [-0.39, 0.29) is 17.4 Å². The van der Waals surface area contributed by atoms with Crippen molar-refractivity contribution in [3.63, 3.8) is 0 Å². The summed E-state index contributed by atoms with van der Waals surface area (Å²) < 4.78 is 5.62. The number of hydrogen-bond donors (Lipinski definition) is 1. The molecule has 2 fully saturated rings. The molecule has 0 radical (unpaired) electrons. The Morgan fingerprint density at radius 3 is 2.44 bits per heavy atom. The quantitative estimate of drug-likeness (QED) is 0.788. The second-order valence-electron chi connectivity index (χ2n) is 5.89. The zero-order chi connectivity index (χ0) is 13.4. The highest BCUT2D eigenvalue weighted by Crippen LogP contribution is 2.32. The number of carbonyl (C=O) groups is 2. The van der Waals surface area contributed by atoms with Crippen LogP contribution >= 0.6 is 0 Å². The van der Waals surface area contributed by atoms with E-state index < -0.39 is 5.60 Å². The van der Waals surface area contributed by atoms with E-state index in [1.807, 2.05) is 0 Å². The van der Waals surface area contributed by atoms with Crippen molar-refractivity contribution in [2.75, 3.05) is 19.7 Å². The molecule has 0 aromatic heterocycles. The van der Waals surface area contributed by atoms with E-state index in [2.05, 4.69) is 12.2 Å². The molecule has 1 saturated carbocycles. The van der Waals surface area contributed by atoms with Crippen LogP contribution in [0.2, 0.25) is 0 Å². The molecule has 1 aliphatic carbocycles. The van der Waals surface area contributed by atoms with Crippen molar-refractivity contribution < 1.29 is 14.3 Å². The lowest BCUT2D eigenvalue weighted by Crippen LogP contribution is -2.63. The maximum atomic E-state index is 12.3. The first-order chi connectivity index (χ1) is 8.35. The van der Waals surface area contributed by atoms with Crippen LogP contribution in [0.25, 0.3) is 0 Å². The van der Waals surface area contributed by atoms with Gasteiger partial charge in [0.2, 0.25) is 5.91 Å². The molecule has 2 rings (SSSR count). The predicted molar refractivity (Wildman–Crippen MR) is 67.0 cm³/mol. The van der Waals surface area contributed by atoms with Crippen LogP contribution in [0.15, 0.2) is 0 Å². The minimum Gasteiger partial charge on any atom is -0.362 e. The third kappa shape index (κ3) is 2.51. The molecular formula is C13H22N2O3. The first-order valence-corrected chi connectivity index (χ1v) is 6.57. The van der Waals surface area contributed by atoms with Crippen LogP contribution < -0.4 is 5.32 Å². The Morgan fingerprint density at radius 1 is 1.28 bits per heavy atom. The van der Waals surface area contributed by atoms with Crippen molar-refractivity contribution in [1.29, 1.82) is 0 Å². The van der Waals surface area contributed by atoms with Gasteiger partial charge in [0, 0.05) is 19.0 Å². The van der Waals surface area contributed by atoms with E-state index >= 15 is 0 Å². The topological polar surface area (TPSA) is 58.6 Å². The first-order valence-electron chi connectivity index (χ1n) is 6.57. The molecule has 102 valence electrons. The Labute approximate surface area is 108 Å². The molecule has 0 bridgehead atoms. The van der Waals surface area contributed by atoms with Gasteiger partial charge in [-0.25, -0.2) is 0 Å². The van der Waals surface area contributed by atoms with Crippen LogP contribution in [0.4, 0.5) is 0 Å². The molecule has 1 heterocycles. The maximum absolute atomic E-state index is 12.3. The van der Waals surface area contributed by atoms with Gasteiger partial charge in [0.25, 0.3) is 5.91 Å². The Kier molecular flexibility index (Phi) is 3.36. The SMILES string of the molecule is CC(=O)N1CCOC(C)(C(=O)NC2(C)CCC2)C1. The van der Waals surface area contributed by atoms with Gasteiger partial charge < -0.3 is 15.0 Å². The average Bonchev–Trinajstić information content (AvgIpc) is 2.26. The molecule has 0 spiro atoms. The third-order valence-corrected chi connectivity index (χ3v) is 4.07. The summed E-state index contributed by atoms with van der Waals surface area (Å²) in [5, 5.41) is 3.06. The number of ether oxygens (including phenoxy) is 1. The summed E-state index contributed by atoms with van der Waals surface area (Å²) >= 11 is 0. The zero-order valence-electron chi connectivity index (χ0n) is 11.4. The molecule has 0 aromatic carbocycles. The number of morpholine rings is 1. The van der Waals surface area contributed by atoms with Gasteiger partial charge >= 0.3 is 0 Å². The van der Waals surface area contributed by atoms with E-state index in [1.165, 1.54) is 6.92 Å². The van der Waals surface area contributed by atoms with Gasteiger partial charge in [-0.2, -0.15) is 0 Å². The number of nitrogens with zero attached hydrogens (tertiary/aromatic N) is 1. The fourth-order valence-corrected chi connectivity index (χ4v) is 2.51. The van der Waals surface area contributed by atoms with E-state index in [0.29, 0.717) is 19.7 Å². The van der Waals surface area contributed by atoms with Gasteiger partial charge in [0.15, 0.2) is 5.60 Å². The Balaban J connectivity index is 2.00. The van der Waals surface area contributed by atoms with Gasteiger partial charge in [0.1, 0.15) is 0 Å². The molecule has 1 saturated heterocycles. The largest absolute Gasteiger partial charge is 0.362 e. The minimum absolute atomic E-state index is 0.00724. The summed E-state index contributed by atoms with van der Waals surface area (Å²) in [4.78, 5) is 25.4. The van der Waals surface area contributed by atoms with E-state index in [4.69, 9.17) is 4.74 Å². The Bertz CT molecular complexity index is 365. The van der Waals surface area contributed by atoms with E-state index in [9.17, 15) is 9.59 Å². The summed E-state index contributed by atoms with van der Waals surface area (Å²) in [5.74, 6) is -0.108. The number of nitrogens with one attached hydrogen (secondary N) is 1. The minimum atomic E-state index is -0.914. The lowest BCUT2D eigenvalue weighted by molar-refractivity contribution is -0.164. The fourth-order valence-electron chi connectivity index (χ4n) is 2.51. The number of amides is 2. The summed E-state index contributed by atoms with van der Waals surface area (Å²) in [7, 11) is 0. The van der Waals surface area contributed by atoms with Crippen molar-refractivity contribution in [2.24, 2.45) is 0 Å². The van der Waals surface area contributed by atoms with Crippen molar-refractivity contribution in [3.05, 3.63) is 0 Å². The standard InChI is InChI=1S/C13H22N2O3/c1-10(16)15-7-8-18-13(3,9-15)11(17)14-12(2)5-4-6-12/h4-9H2,1-3H3,(H,14,17). The lowest BCUT2D eigenvalue weighted by atomic mass is 9.78. The maximum Gasteiger partial charge on any atom is 0.254 e. The smallest absolute Gasteiger partial charge is 0.254 e. The molecule has 1 aliphatic heterocycles. The molecular weight excluding hydrogens is 232 g/mol. The summed E-state index contributed by atoms with van der Waals surface area (Å²) in [6, 6.07) is 0. The highest BCUT2D eigenvalue weighted by atomic mass is 16.5. The molecule has 0 aromatic rings. The summed E-state index contributed by atoms with van der Waals surface area (Å²) in [6.45, 7) is 6.67. The number of hydrogen-bond acceptors (Lipinski definition) is 3. The number of rotatable bonds is 2. The molecule has 1 N–H and O–H groups in total. The molecule has 2 aliphatic rings. The third-order valence-electron chi connectivity index (χ3n) is 4.07. The zero-order valence-corrected chi connectivity index (χ0v) is 11.4. The second-order valence-corrected chi connectivity index (χ2v) is 5.89. The van der Waals surface area contributed by atoms with Crippen LogP contribution in [-0.4, -0.2) is 47.6 Å². The van der Waals surface area contributed by atoms with Crippen LogP contribution in [0, 0.1) is 0 Å². The highest BCUT2D eigenvalue weighted by molar-refractivity contribution is 5.87. The van der Waals surface area contributed by atoms with Crippen molar-refractivity contribution in [1.82, 2.24) is 10.2 Å². The van der Waals surface area contributed by atoms with Gasteiger partial charge in [-0.3, -0.25) is 9.59 Å². The molecule has 2 amide bonds. The van der Waals surface area contributed by atoms with Gasteiger partial charge in [-0.05, 0) is 33.1 Å². The molecule has 5 heteroatoms. The molecule has 1 unspecified atom stereocenters. The molecule has 5 nitrogen and oxygen atoms in total. The van der Waals surface area contributed by atoms with Crippen molar-refractivity contribution in [3.8, 4) is 0 Å². The fraction of sp³-hybridized carbons (Fsp3) is 0.846. The Morgan fingerprint density at radius 2 is 1.94 bits per heavy atom. The van der Waals surface area contributed by atoms with Crippen LogP contribution in [-0.2, 0) is 14.3 Å². The van der Waals surface area contributed by atoms with Crippen LogP contribution in [0.3, 0.4) is 0 Å². The highest BCUT2D eigenvalue weighted by Gasteiger charge is 2.44. The second kappa shape index (κ2) is 4.53. The normalized spacial score (nSPS) is 30.5. The molecule has 1 atom stereocenters. The van der Waals surface area contributed by atoms with Crippen molar-refractivity contribution >= 4 is 11.8 Å². The van der Waals surface area contributed by atoms with Gasteiger partial charge in [-0.15, -0.1) is 0 Å². The monoisotopic (exact) mass is 254 g/mol. The summed E-state index contributed by atoms with van der Waals surface area (Å²) in [6.07, 6.45) is 3.20. The number of carbonyl (C=O) groups excluding carboxylic acids is 2. The first kappa shape index (κ1) is 13.3.